The van der Waals surface area contributed by atoms with Crippen molar-refractivity contribution in [2.75, 3.05) is 0 Å². The summed E-state index contributed by atoms with van der Waals surface area (Å²) in [7, 11) is 0. The first-order valence-electron chi connectivity index (χ1n) is 6.16. The Hall–Kier alpha value is -1.35. The van der Waals surface area contributed by atoms with Gasteiger partial charge in [0.25, 0.3) is 0 Å². The molecule has 1 amide bonds. The van der Waals surface area contributed by atoms with Gasteiger partial charge < -0.3 is 11.1 Å². The average Bonchev–Trinajstić information content (AvgIpc) is 3.14. The minimum atomic E-state index is -0.719. The number of rotatable bonds is 4. The molecule has 3 nitrogen and oxygen atoms in total. The van der Waals surface area contributed by atoms with Gasteiger partial charge in [0.1, 0.15) is 0 Å². The van der Waals surface area contributed by atoms with Gasteiger partial charge >= 0.3 is 0 Å². The van der Waals surface area contributed by atoms with Crippen LogP contribution in [0.1, 0.15) is 38.3 Å². The van der Waals surface area contributed by atoms with E-state index in [0.29, 0.717) is 5.92 Å². The highest BCUT2D eigenvalue weighted by Gasteiger charge is 2.44. The van der Waals surface area contributed by atoms with Crippen LogP contribution in [0.15, 0.2) is 30.3 Å². The fourth-order valence-electron chi connectivity index (χ4n) is 2.05. The van der Waals surface area contributed by atoms with Crippen LogP contribution < -0.4 is 11.1 Å². The maximum atomic E-state index is 12.1. The molecule has 17 heavy (non-hydrogen) atoms. The fraction of sp³-hybridized carbons (Fsp3) is 0.500. The second kappa shape index (κ2) is 4.49. The van der Waals surface area contributed by atoms with Crippen LogP contribution in [0.2, 0.25) is 0 Å². The Kier molecular flexibility index (Phi) is 3.20. The van der Waals surface area contributed by atoms with Crippen molar-refractivity contribution >= 4 is 5.91 Å². The molecule has 0 aliphatic heterocycles. The van der Waals surface area contributed by atoms with E-state index in [1.165, 1.54) is 0 Å². The van der Waals surface area contributed by atoms with Gasteiger partial charge in [-0.15, -0.1) is 0 Å². The van der Waals surface area contributed by atoms with Crippen LogP contribution in [0.25, 0.3) is 0 Å². The quantitative estimate of drug-likeness (QED) is 0.834. The summed E-state index contributed by atoms with van der Waals surface area (Å²) in [6.45, 7) is 3.81. The Balaban J connectivity index is 1.99. The zero-order valence-electron chi connectivity index (χ0n) is 10.4. The van der Waals surface area contributed by atoms with Crippen molar-refractivity contribution in [3.05, 3.63) is 35.9 Å². The third kappa shape index (κ3) is 2.67. The molecule has 3 heteroatoms. The zero-order chi connectivity index (χ0) is 12.5. The van der Waals surface area contributed by atoms with Crippen molar-refractivity contribution in [3.8, 4) is 0 Å². The SMILES string of the molecule is CC(NC(=O)C(C)(N)C1CC1)c1ccccc1. The molecule has 1 saturated carbocycles. The van der Waals surface area contributed by atoms with Crippen LogP contribution >= 0.6 is 0 Å². The second-order valence-corrected chi connectivity index (χ2v) is 5.16. The maximum absolute atomic E-state index is 12.1. The summed E-state index contributed by atoms with van der Waals surface area (Å²) in [5.74, 6) is 0.307. The lowest BCUT2D eigenvalue weighted by atomic mass is 9.95. The molecule has 0 radical (unpaired) electrons. The number of amides is 1. The molecule has 0 bridgehead atoms. The van der Waals surface area contributed by atoms with E-state index in [4.69, 9.17) is 5.73 Å². The van der Waals surface area contributed by atoms with Gasteiger partial charge in [-0.3, -0.25) is 4.79 Å². The first kappa shape index (κ1) is 12.1. The summed E-state index contributed by atoms with van der Waals surface area (Å²) < 4.78 is 0. The van der Waals surface area contributed by atoms with E-state index in [2.05, 4.69) is 5.32 Å². The molecular formula is C14H20N2O. The summed E-state index contributed by atoms with van der Waals surface area (Å²) in [5, 5.41) is 2.99. The zero-order valence-corrected chi connectivity index (χ0v) is 10.4. The first-order chi connectivity index (χ1) is 8.01. The number of nitrogens with one attached hydrogen (secondary N) is 1. The van der Waals surface area contributed by atoms with E-state index in [-0.39, 0.29) is 11.9 Å². The highest BCUT2D eigenvalue weighted by atomic mass is 16.2. The molecule has 1 aliphatic carbocycles. The second-order valence-electron chi connectivity index (χ2n) is 5.16. The molecule has 1 aliphatic rings. The normalized spacial score (nSPS) is 20.4. The van der Waals surface area contributed by atoms with Gasteiger partial charge in [0, 0.05) is 0 Å². The highest BCUT2D eigenvalue weighted by molar-refractivity contribution is 5.86. The van der Waals surface area contributed by atoms with E-state index in [9.17, 15) is 4.79 Å². The van der Waals surface area contributed by atoms with Crippen molar-refractivity contribution < 1.29 is 4.79 Å². The van der Waals surface area contributed by atoms with Crippen LogP contribution in [-0.2, 0) is 4.79 Å². The third-order valence-corrected chi connectivity index (χ3v) is 3.56. The molecule has 0 saturated heterocycles. The number of hydrogen-bond donors (Lipinski definition) is 2. The predicted octanol–water partition coefficient (Wildman–Crippen LogP) is 1.99. The maximum Gasteiger partial charge on any atom is 0.240 e. The van der Waals surface area contributed by atoms with Gasteiger partial charge in [0.05, 0.1) is 11.6 Å². The summed E-state index contributed by atoms with van der Waals surface area (Å²) in [5.41, 5.74) is 6.46. The Morgan fingerprint density at radius 1 is 1.41 bits per heavy atom. The molecule has 2 unspecified atom stereocenters. The lowest BCUT2D eigenvalue weighted by Crippen LogP contribution is -2.53. The van der Waals surface area contributed by atoms with E-state index < -0.39 is 5.54 Å². The number of nitrogens with two attached hydrogens (primary N) is 1. The summed E-state index contributed by atoms with van der Waals surface area (Å²) in [6, 6.07) is 9.94. The molecule has 3 N–H and O–H groups in total. The van der Waals surface area contributed by atoms with Gasteiger partial charge in [-0.05, 0) is 38.2 Å². The molecule has 92 valence electrons. The molecule has 1 fully saturated rings. The Morgan fingerprint density at radius 2 is 2.00 bits per heavy atom. The predicted molar refractivity (Wildman–Crippen MR) is 68.3 cm³/mol. The van der Waals surface area contributed by atoms with Crippen LogP contribution in [0, 0.1) is 5.92 Å². The molecular weight excluding hydrogens is 212 g/mol. The summed E-state index contributed by atoms with van der Waals surface area (Å²) >= 11 is 0. The van der Waals surface area contributed by atoms with Crippen LogP contribution in [0.3, 0.4) is 0 Å². The van der Waals surface area contributed by atoms with Gasteiger partial charge in [0.2, 0.25) is 5.91 Å². The van der Waals surface area contributed by atoms with Gasteiger partial charge in [-0.1, -0.05) is 30.3 Å². The molecule has 0 spiro atoms. The molecule has 2 rings (SSSR count). The molecule has 0 aromatic heterocycles. The van der Waals surface area contributed by atoms with Crippen molar-refractivity contribution in [3.63, 3.8) is 0 Å². The average molecular weight is 232 g/mol. The standard InChI is InChI=1S/C14H20N2O/c1-10(11-6-4-3-5-7-11)16-13(17)14(2,15)12-8-9-12/h3-7,10,12H,8-9,15H2,1-2H3,(H,16,17). The van der Waals surface area contributed by atoms with E-state index >= 15 is 0 Å². The Labute approximate surface area is 102 Å². The Morgan fingerprint density at radius 3 is 2.53 bits per heavy atom. The van der Waals surface area contributed by atoms with Crippen molar-refractivity contribution in [2.45, 2.75) is 38.3 Å². The van der Waals surface area contributed by atoms with Crippen molar-refractivity contribution in [1.82, 2.24) is 5.32 Å². The van der Waals surface area contributed by atoms with E-state index in [1.54, 1.807) is 0 Å². The molecule has 1 aromatic carbocycles. The van der Waals surface area contributed by atoms with Crippen LogP contribution in [0.5, 0.6) is 0 Å². The molecule has 0 heterocycles. The lowest BCUT2D eigenvalue weighted by molar-refractivity contribution is -0.127. The van der Waals surface area contributed by atoms with Crippen LogP contribution in [-0.4, -0.2) is 11.4 Å². The first-order valence-corrected chi connectivity index (χ1v) is 6.16. The summed E-state index contributed by atoms with van der Waals surface area (Å²) in [6.07, 6.45) is 2.14. The number of carbonyl (C=O) groups excluding carboxylic acids is 1. The fourth-order valence-corrected chi connectivity index (χ4v) is 2.05. The minimum Gasteiger partial charge on any atom is -0.348 e. The lowest BCUT2D eigenvalue weighted by Gasteiger charge is -2.26. The minimum absolute atomic E-state index is 0.00493. The van der Waals surface area contributed by atoms with Gasteiger partial charge in [0.15, 0.2) is 0 Å². The largest absolute Gasteiger partial charge is 0.348 e. The smallest absolute Gasteiger partial charge is 0.240 e. The third-order valence-electron chi connectivity index (χ3n) is 3.56. The molecule has 1 aromatic rings. The number of carbonyl (C=O) groups is 1. The van der Waals surface area contributed by atoms with Crippen LogP contribution in [0.4, 0.5) is 0 Å². The van der Waals surface area contributed by atoms with E-state index in [1.807, 2.05) is 44.2 Å². The van der Waals surface area contributed by atoms with Gasteiger partial charge in [-0.2, -0.15) is 0 Å². The summed E-state index contributed by atoms with van der Waals surface area (Å²) in [4.78, 5) is 12.1. The number of benzene rings is 1. The van der Waals surface area contributed by atoms with Gasteiger partial charge in [-0.25, -0.2) is 0 Å². The van der Waals surface area contributed by atoms with E-state index in [0.717, 1.165) is 18.4 Å². The topological polar surface area (TPSA) is 55.1 Å². The highest BCUT2D eigenvalue weighted by Crippen LogP contribution is 2.38. The monoisotopic (exact) mass is 232 g/mol. The number of hydrogen-bond acceptors (Lipinski definition) is 2. The molecule has 2 atom stereocenters. The van der Waals surface area contributed by atoms with Crippen molar-refractivity contribution in [2.24, 2.45) is 11.7 Å². The Bertz CT molecular complexity index is 396. The van der Waals surface area contributed by atoms with Crippen molar-refractivity contribution in [1.29, 1.82) is 0 Å².